The van der Waals surface area contributed by atoms with E-state index in [1.165, 1.54) is 10.4 Å². The van der Waals surface area contributed by atoms with Crippen molar-refractivity contribution >= 4 is 17.2 Å². The summed E-state index contributed by atoms with van der Waals surface area (Å²) in [5.74, 6) is 0.635. The number of hydrogen-bond donors (Lipinski definition) is 1. The zero-order valence-corrected chi connectivity index (χ0v) is 7.99. The summed E-state index contributed by atoms with van der Waals surface area (Å²) in [5, 5.41) is 2.80. The summed E-state index contributed by atoms with van der Waals surface area (Å²) in [6.45, 7) is 5.02. The van der Waals surface area contributed by atoms with Crippen molar-refractivity contribution in [3.63, 3.8) is 0 Å². The molecule has 0 radical (unpaired) electrons. The van der Waals surface area contributed by atoms with Crippen molar-refractivity contribution in [3.05, 3.63) is 21.4 Å². The van der Waals surface area contributed by atoms with E-state index in [1.54, 1.807) is 11.3 Å². The van der Waals surface area contributed by atoms with Crippen molar-refractivity contribution in [2.75, 3.05) is 0 Å². The maximum atomic E-state index is 11.2. The predicted octanol–water partition coefficient (Wildman–Crippen LogP) is 2.11. The monoisotopic (exact) mass is 181 g/mol. The fourth-order valence-electron chi connectivity index (χ4n) is 1.31. The van der Waals surface area contributed by atoms with Gasteiger partial charge in [0.1, 0.15) is 0 Å². The Kier molecular flexibility index (Phi) is 1.68. The molecule has 2 nitrogen and oxygen atoms in total. The number of carbonyl (C=O) groups is 1. The molecule has 1 amide bonds. The molecule has 0 saturated carbocycles. The minimum atomic E-state index is 0.0990. The topological polar surface area (TPSA) is 29.1 Å². The largest absolute Gasteiger partial charge is 0.347 e. The standard InChI is InChI=1S/C9H11NOS/c1-5(2)7-3-6-4-10-9(11)8(6)12-7/h3,5H,4H2,1-2H3,(H,10,11). The van der Waals surface area contributed by atoms with Crippen molar-refractivity contribution in [3.8, 4) is 0 Å². The molecule has 2 heterocycles. The quantitative estimate of drug-likeness (QED) is 0.706. The van der Waals surface area contributed by atoms with Crippen LogP contribution in [-0.4, -0.2) is 5.91 Å². The molecule has 1 aromatic heterocycles. The third-order valence-electron chi connectivity index (χ3n) is 2.04. The van der Waals surface area contributed by atoms with Crippen LogP contribution in [0.25, 0.3) is 0 Å². The van der Waals surface area contributed by atoms with Gasteiger partial charge in [-0.15, -0.1) is 11.3 Å². The summed E-state index contributed by atoms with van der Waals surface area (Å²) in [6, 6.07) is 2.14. The maximum absolute atomic E-state index is 11.2. The van der Waals surface area contributed by atoms with Crippen LogP contribution < -0.4 is 5.32 Å². The Hall–Kier alpha value is -0.830. The van der Waals surface area contributed by atoms with E-state index in [9.17, 15) is 4.79 Å². The van der Waals surface area contributed by atoms with Crippen LogP contribution in [0.4, 0.5) is 0 Å². The molecule has 0 saturated heterocycles. The Morgan fingerprint density at radius 2 is 2.33 bits per heavy atom. The molecule has 0 unspecified atom stereocenters. The van der Waals surface area contributed by atoms with Gasteiger partial charge in [-0.3, -0.25) is 4.79 Å². The van der Waals surface area contributed by atoms with Gasteiger partial charge in [0.25, 0.3) is 5.91 Å². The van der Waals surface area contributed by atoms with E-state index in [-0.39, 0.29) is 5.91 Å². The summed E-state index contributed by atoms with van der Waals surface area (Å²) in [6.07, 6.45) is 0. The van der Waals surface area contributed by atoms with E-state index in [2.05, 4.69) is 25.2 Å². The molecule has 1 N–H and O–H groups in total. The molecule has 3 heteroatoms. The zero-order chi connectivity index (χ0) is 8.72. The molecule has 0 aromatic carbocycles. The van der Waals surface area contributed by atoms with Gasteiger partial charge in [0, 0.05) is 11.4 Å². The van der Waals surface area contributed by atoms with E-state index in [4.69, 9.17) is 0 Å². The van der Waals surface area contributed by atoms with Gasteiger partial charge in [-0.25, -0.2) is 0 Å². The maximum Gasteiger partial charge on any atom is 0.261 e. The lowest BCUT2D eigenvalue weighted by Crippen LogP contribution is -2.12. The summed E-state index contributed by atoms with van der Waals surface area (Å²) < 4.78 is 0. The van der Waals surface area contributed by atoms with Gasteiger partial charge in [0.15, 0.2) is 0 Å². The van der Waals surface area contributed by atoms with Gasteiger partial charge in [-0.1, -0.05) is 13.8 Å². The summed E-state index contributed by atoms with van der Waals surface area (Å²) in [4.78, 5) is 13.4. The van der Waals surface area contributed by atoms with E-state index in [0.717, 1.165) is 11.4 Å². The molecule has 0 fully saturated rings. The van der Waals surface area contributed by atoms with Crippen LogP contribution in [0.3, 0.4) is 0 Å². The summed E-state index contributed by atoms with van der Waals surface area (Å²) in [5.41, 5.74) is 1.17. The van der Waals surface area contributed by atoms with E-state index >= 15 is 0 Å². The Balaban J connectivity index is 2.43. The van der Waals surface area contributed by atoms with Gasteiger partial charge in [0.05, 0.1) is 4.88 Å². The highest BCUT2D eigenvalue weighted by atomic mass is 32.1. The number of carbonyl (C=O) groups excluding carboxylic acids is 1. The minimum Gasteiger partial charge on any atom is -0.347 e. The van der Waals surface area contributed by atoms with Crippen LogP contribution in [0.5, 0.6) is 0 Å². The van der Waals surface area contributed by atoms with Crippen molar-refractivity contribution in [1.29, 1.82) is 0 Å². The lowest BCUT2D eigenvalue weighted by Gasteiger charge is -1.98. The van der Waals surface area contributed by atoms with Gasteiger partial charge >= 0.3 is 0 Å². The first-order valence-electron chi connectivity index (χ1n) is 4.09. The van der Waals surface area contributed by atoms with Crippen molar-refractivity contribution in [2.45, 2.75) is 26.3 Å². The Morgan fingerprint density at radius 1 is 1.58 bits per heavy atom. The van der Waals surface area contributed by atoms with Gasteiger partial charge < -0.3 is 5.32 Å². The van der Waals surface area contributed by atoms with Crippen molar-refractivity contribution in [1.82, 2.24) is 5.32 Å². The molecule has 1 aliphatic heterocycles. The summed E-state index contributed by atoms with van der Waals surface area (Å²) in [7, 11) is 0. The molecular weight excluding hydrogens is 170 g/mol. The highest BCUT2D eigenvalue weighted by Gasteiger charge is 2.22. The van der Waals surface area contributed by atoms with Gasteiger partial charge in [-0.05, 0) is 17.5 Å². The Bertz CT molecular complexity index is 327. The predicted molar refractivity (Wildman–Crippen MR) is 49.6 cm³/mol. The van der Waals surface area contributed by atoms with Crippen LogP contribution in [0.15, 0.2) is 6.07 Å². The summed E-state index contributed by atoms with van der Waals surface area (Å²) >= 11 is 1.63. The molecule has 0 atom stereocenters. The Labute approximate surface area is 75.6 Å². The number of amides is 1. The van der Waals surface area contributed by atoms with Crippen LogP contribution >= 0.6 is 11.3 Å². The first kappa shape index (κ1) is 7.80. The van der Waals surface area contributed by atoms with E-state index in [0.29, 0.717) is 5.92 Å². The van der Waals surface area contributed by atoms with Gasteiger partial charge in [-0.2, -0.15) is 0 Å². The smallest absolute Gasteiger partial charge is 0.261 e. The zero-order valence-electron chi connectivity index (χ0n) is 7.18. The third kappa shape index (κ3) is 1.05. The second kappa shape index (κ2) is 2.59. The van der Waals surface area contributed by atoms with Crippen LogP contribution in [-0.2, 0) is 6.54 Å². The highest BCUT2D eigenvalue weighted by molar-refractivity contribution is 7.14. The first-order valence-corrected chi connectivity index (χ1v) is 4.91. The lowest BCUT2D eigenvalue weighted by molar-refractivity contribution is 0.0969. The molecule has 0 bridgehead atoms. The van der Waals surface area contributed by atoms with Crippen LogP contribution in [0, 0.1) is 0 Å². The normalized spacial score (nSPS) is 15.1. The fraction of sp³-hybridized carbons (Fsp3) is 0.444. The Morgan fingerprint density at radius 3 is 2.92 bits per heavy atom. The van der Waals surface area contributed by atoms with Gasteiger partial charge in [0.2, 0.25) is 0 Å². The second-order valence-electron chi connectivity index (χ2n) is 3.34. The number of fused-ring (bicyclic) bond motifs is 1. The average molecular weight is 181 g/mol. The van der Waals surface area contributed by atoms with E-state index in [1.807, 2.05) is 0 Å². The van der Waals surface area contributed by atoms with Crippen molar-refractivity contribution < 1.29 is 4.79 Å². The molecule has 1 aromatic rings. The number of nitrogens with one attached hydrogen (secondary N) is 1. The van der Waals surface area contributed by atoms with E-state index < -0.39 is 0 Å². The third-order valence-corrected chi connectivity index (χ3v) is 3.52. The van der Waals surface area contributed by atoms with Crippen LogP contribution in [0.2, 0.25) is 0 Å². The number of rotatable bonds is 1. The molecule has 12 heavy (non-hydrogen) atoms. The number of thiophene rings is 1. The second-order valence-corrected chi connectivity index (χ2v) is 4.42. The first-order chi connectivity index (χ1) is 5.68. The highest BCUT2D eigenvalue weighted by Crippen LogP contribution is 2.30. The molecule has 2 rings (SSSR count). The van der Waals surface area contributed by atoms with Crippen molar-refractivity contribution in [2.24, 2.45) is 0 Å². The molecule has 0 aliphatic carbocycles. The molecule has 0 spiro atoms. The average Bonchev–Trinajstić information content (AvgIpc) is 2.53. The SMILES string of the molecule is CC(C)c1cc2c(s1)C(=O)NC2. The molecule has 1 aliphatic rings. The fourth-order valence-corrected chi connectivity index (χ4v) is 2.41. The van der Waals surface area contributed by atoms with Crippen LogP contribution in [0.1, 0.15) is 39.9 Å². The number of hydrogen-bond acceptors (Lipinski definition) is 2. The molecular formula is C9H11NOS. The minimum absolute atomic E-state index is 0.0990. The lowest BCUT2D eigenvalue weighted by atomic mass is 10.1. The molecule has 64 valence electrons.